The SMILES string of the molecule is CC(C)(C)c1nc(Br)c2cc(C(=O)O)ccn12. The molecule has 2 heterocycles. The summed E-state index contributed by atoms with van der Waals surface area (Å²) in [6.45, 7) is 6.21. The molecule has 17 heavy (non-hydrogen) atoms. The van der Waals surface area contributed by atoms with Crippen LogP contribution in [0.5, 0.6) is 0 Å². The van der Waals surface area contributed by atoms with Gasteiger partial charge in [-0.15, -0.1) is 0 Å². The van der Waals surface area contributed by atoms with Crippen molar-refractivity contribution in [1.29, 1.82) is 0 Å². The summed E-state index contributed by atoms with van der Waals surface area (Å²) < 4.78 is 2.58. The largest absolute Gasteiger partial charge is 0.478 e. The molecule has 0 aliphatic carbocycles. The van der Waals surface area contributed by atoms with Gasteiger partial charge in [0.25, 0.3) is 0 Å². The van der Waals surface area contributed by atoms with Crippen LogP contribution in [-0.4, -0.2) is 20.5 Å². The van der Waals surface area contributed by atoms with Gasteiger partial charge in [-0.25, -0.2) is 9.78 Å². The predicted molar refractivity (Wildman–Crippen MR) is 68.6 cm³/mol. The van der Waals surface area contributed by atoms with E-state index in [9.17, 15) is 4.79 Å². The van der Waals surface area contributed by atoms with Crippen molar-refractivity contribution in [3.05, 3.63) is 34.3 Å². The molecule has 0 spiro atoms. The van der Waals surface area contributed by atoms with Gasteiger partial charge in [0.05, 0.1) is 11.1 Å². The van der Waals surface area contributed by atoms with E-state index in [2.05, 4.69) is 41.7 Å². The van der Waals surface area contributed by atoms with Crippen molar-refractivity contribution in [2.45, 2.75) is 26.2 Å². The van der Waals surface area contributed by atoms with Crippen LogP contribution in [0.3, 0.4) is 0 Å². The van der Waals surface area contributed by atoms with Crippen molar-refractivity contribution in [3.63, 3.8) is 0 Å². The van der Waals surface area contributed by atoms with Gasteiger partial charge in [0.15, 0.2) is 0 Å². The van der Waals surface area contributed by atoms with Crippen molar-refractivity contribution < 1.29 is 9.90 Å². The number of aromatic nitrogens is 2. The topological polar surface area (TPSA) is 54.6 Å². The third kappa shape index (κ3) is 2.07. The molecule has 0 fully saturated rings. The predicted octanol–water partition coefficient (Wildman–Crippen LogP) is 3.09. The van der Waals surface area contributed by atoms with Crippen LogP contribution >= 0.6 is 15.9 Å². The molecule has 0 bridgehead atoms. The lowest BCUT2D eigenvalue weighted by Crippen LogP contribution is -2.15. The zero-order chi connectivity index (χ0) is 12.8. The van der Waals surface area contributed by atoms with E-state index < -0.39 is 5.97 Å². The Balaban J connectivity index is 2.74. The van der Waals surface area contributed by atoms with E-state index in [1.54, 1.807) is 18.3 Å². The number of rotatable bonds is 1. The first-order chi connectivity index (χ1) is 7.80. The second-order valence-corrected chi connectivity index (χ2v) is 5.70. The number of carboxylic acid groups (broad SMARTS) is 1. The number of hydrogen-bond donors (Lipinski definition) is 1. The third-order valence-electron chi connectivity index (χ3n) is 2.52. The van der Waals surface area contributed by atoms with Crippen molar-refractivity contribution in [3.8, 4) is 0 Å². The van der Waals surface area contributed by atoms with Crippen molar-refractivity contribution in [2.24, 2.45) is 0 Å². The van der Waals surface area contributed by atoms with E-state index in [-0.39, 0.29) is 11.0 Å². The minimum absolute atomic E-state index is 0.0975. The number of fused-ring (bicyclic) bond motifs is 1. The van der Waals surface area contributed by atoms with Crippen LogP contribution in [0, 0.1) is 0 Å². The van der Waals surface area contributed by atoms with Gasteiger partial charge in [-0.2, -0.15) is 0 Å². The van der Waals surface area contributed by atoms with Crippen LogP contribution in [0.1, 0.15) is 37.0 Å². The molecule has 0 unspecified atom stereocenters. The van der Waals surface area contributed by atoms with E-state index >= 15 is 0 Å². The summed E-state index contributed by atoms with van der Waals surface area (Å²) in [6, 6.07) is 3.20. The minimum Gasteiger partial charge on any atom is -0.478 e. The first-order valence-corrected chi connectivity index (χ1v) is 6.01. The number of halogens is 1. The summed E-state index contributed by atoms with van der Waals surface area (Å²) in [4.78, 5) is 15.4. The number of carboxylic acids is 1. The van der Waals surface area contributed by atoms with Gasteiger partial charge in [0.2, 0.25) is 0 Å². The fourth-order valence-corrected chi connectivity index (χ4v) is 2.18. The highest BCUT2D eigenvalue weighted by atomic mass is 79.9. The molecule has 0 amide bonds. The molecule has 90 valence electrons. The number of pyridine rings is 1. The minimum atomic E-state index is -0.932. The Labute approximate surface area is 107 Å². The smallest absolute Gasteiger partial charge is 0.335 e. The number of imidazole rings is 1. The maximum absolute atomic E-state index is 10.9. The zero-order valence-electron chi connectivity index (χ0n) is 9.86. The molecule has 0 atom stereocenters. The third-order valence-corrected chi connectivity index (χ3v) is 3.10. The second kappa shape index (κ2) is 3.84. The Kier molecular flexibility index (Phi) is 2.73. The van der Waals surface area contributed by atoms with Crippen LogP contribution in [0.25, 0.3) is 5.52 Å². The van der Waals surface area contributed by atoms with Gasteiger partial charge in [-0.05, 0) is 28.1 Å². The monoisotopic (exact) mass is 296 g/mol. The number of nitrogens with zero attached hydrogens (tertiary/aromatic N) is 2. The Hall–Kier alpha value is -1.36. The molecule has 2 aromatic heterocycles. The molecule has 4 nitrogen and oxygen atoms in total. The van der Waals surface area contributed by atoms with Crippen LogP contribution in [0.4, 0.5) is 0 Å². The molecular weight excluding hydrogens is 284 g/mol. The van der Waals surface area contributed by atoms with Gasteiger partial charge in [-0.1, -0.05) is 20.8 Å². The first-order valence-electron chi connectivity index (χ1n) is 5.22. The lowest BCUT2D eigenvalue weighted by atomic mass is 9.96. The summed E-state index contributed by atoms with van der Waals surface area (Å²) in [5.74, 6) is -0.0331. The molecule has 2 rings (SSSR count). The van der Waals surface area contributed by atoms with Crippen molar-refractivity contribution in [2.75, 3.05) is 0 Å². The van der Waals surface area contributed by atoms with E-state index in [4.69, 9.17) is 5.11 Å². The maximum Gasteiger partial charge on any atom is 0.335 e. The van der Waals surface area contributed by atoms with Crippen LogP contribution in [0.2, 0.25) is 0 Å². The van der Waals surface area contributed by atoms with Gasteiger partial charge in [0, 0.05) is 11.6 Å². The van der Waals surface area contributed by atoms with Gasteiger partial charge >= 0.3 is 5.97 Å². The molecular formula is C12H13BrN2O2. The van der Waals surface area contributed by atoms with E-state index in [1.165, 1.54) is 0 Å². The molecule has 0 aromatic carbocycles. The Morgan fingerprint density at radius 1 is 1.47 bits per heavy atom. The molecule has 0 aliphatic rings. The number of hydrogen-bond acceptors (Lipinski definition) is 2. The van der Waals surface area contributed by atoms with Gasteiger partial charge in [-0.3, -0.25) is 0 Å². The quantitative estimate of drug-likeness (QED) is 0.880. The average molecular weight is 297 g/mol. The number of aromatic carboxylic acids is 1. The molecule has 0 aliphatic heterocycles. The molecule has 0 radical (unpaired) electrons. The van der Waals surface area contributed by atoms with Crippen LogP contribution in [-0.2, 0) is 5.41 Å². The van der Waals surface area contributed by atoms with E-state index in [1.807, 2.05) is 4.40 Å². The van der Waals surface area contributed by atoms with E-state index in [0.29, 0.717) is 4.60 Å². The lowest BCUT2D eigenvalue weighted by Gasteiger charge is -2.16. The normalized spacial score (nSPS) is 12.0. The van der Waals surface area contributed by atoms with E-state index in [0.717, 1.165) is 11.3 Å². The summed E-state index contributed by atoms with van der Waals surface area (Å²) >= 11 is 3.37. The molecule has 5 heteroatoms. The molecule has 2 aromatic rings. The fraction of sp³-hybridized carbons (Fsp3) is 0.333. The van der Waals surface area contributed by atoms with Crippen LogP contribution in [0.15, 0.2) is 22.9 Å². The van der Waals surface area contributed by atoms with Crippen molar-refractivity contribution in [1.82, 2.24) is 9.38 Å². The Morgan fingerprint density at radius 2 is 2.12 bits per heavy atom. The zero-order valence-corrected chi connectivity index (χ0v) is 11.4. The summed E-state index contributed by atoms with van der Waals surface area (Å²) in [6.07, 6.45) is 1.75. The van der Waals surface area contributed by atoms with Crippen LogP contribution < -0.4 is 0 Å². The highest BCUT2D eigenvalue weighted by Gasteiger charge is 2.22. The fourth-order valence-electron chi connectivity index (χ4n) is 1.71. The summed E-state index contributed by atoms with van der Waals surface area (Å²) in [5, 5.41) is 8.96. The Morgan fingerprint density at radius 3 is 2.65 bits per heavy atom. The average Bonchev–Trinajstić information content (AvgIpc) is 2.55. The highest BCUT2D eigenvalue weighted by Crippen LogP contribution is 2.27. The number of carbonyl (C=O) groups is 1. The molecule has 1 N–H and O–H groups in total. The molecule has 0 saturated carbocycles. The van der Waals surface area contributed by atoms with Gasteiger partial charge in [0.1, 0.15) is 10.4 Å². The maximum atomic E-state index is 10.9. The van der Waals surface area contributed by atoms with Crippen molar-refractivity contribution >= 4 is 27.4 Å². The first kappa shape index (κ1) is 12.1. The molecule has 0 saturated heterocycles. The second-order valence-electron chi connectivity index (χ2n) is 4.95. The lowest BCUT2D eigenvalue weighted by molar-refractivity contribution is 0.0697. The summed E-state index contributed by atoms with van der Waals surface area (Å²) in [7, 11) is 0. The standard InChI is InChI=1S/C12H13BrN2O2/c1-12(2,3)11-14-9(13)8-6-7(10(16)17)4-5-15(8)11/h4-6H,1-3H3,(H,16,17). The highest BCUT2D eigenvalue weighted by molar-refractivity contribution is 9.10. The van der Waals surface area contributed by atoms with Gasteiger partial charge < -0.3 is 9.51 Å². The summed E-state index contributed by atoms with van der Waals surface area (Å²) in [5.41, 5.74) is 0.938. The Bertz CT molecular complexity index is 596.